The summed E-state index contributed by atoms with van der Waals surface area (Å²) in [4.78, 5) is 12.9. The van der Waals surface area contributed by atoms with E-state index in [4.69, 9.17) is 9.47 Å². The summed E-state index contributed by atoms with van der Waals surface area (Å²) in [6, 6.07) is 18.9. The molecule has 0 heterocycles. The molecule has 2 aromatic rings. The van der Waals surface area contributed by atoms with Crippen molar-refractivity contribution < 1.29 is 18.8 Å². The van der Waals surface area contributed by atoms with Crippen LogP contribution in [0.15, 0.2) is 54.6 Å². The van der Waals surface area contributed by atoms with Gasteiger partial charge in [0.15, 0.2) is 0 Å². The number of rotatable bonds is 23. The number of ether oxygens (including phenoxy) is 2. The number of aryl methyl sites for hydroxylation is 1. The molecule has 2 aromatic carbocycles. The lowest BCUT2D eigenvalue weighted by Gasteiger charge is -2.32. The molecule has 0 radical (unpaired) electrons. The van der Waals surface area contributed by atoms with Crippen molar-refractivity contribution >= 4 is 5.97 Å². The van der Waals surface area contributed by atoms with Gasteiger partial charge in [-0.15, -0.1) is 0 Å². The van der Waals surface area contributed by atoms with Crippen LogP contribution in [0.25, 0.3) is 0 Å². The van der Waals surface area contributed by atoms with Gasteiger partial charge in [-0.2, -0.15) is 0 Å². The Morgan fingerprint density at radius 1 is 0.756 bits per heavy atom. The molecule has 2 atom stereocenters. The van der Waals surface area contributed by atoms with E-state index >= 15 is 0 Å². The van der Waals surface area contributed by atoms with Gasteiger partial charge in [0.25, 0.3) is 0 Å². The van der Waals surface area contributed by atoms with Crippen molar-refractivity contribution in [3.8, 4) is 5.75 Å². The van der Waals surface area contributed by atoms with E-state index in [9.17, 15) is 4.79 Å². The lowest BCUT2D eigenvalue weighted by atomic mass is 10.0. The molecule has 0 saturated heterocycles. The van der Waals surface area contributed by atoms with Crippen LogP contribution in [0.1, 0.15) is 115 Å². The van der Waals surface area contributed by atoms with Gasteiger partial charge >= 0.3 is 5.97 Å². The zero-order valence-electron chi connectivity index (χ0n) is 27.0. The molecule has 0 bridgehead atoms. The predicted octanol–water partition coefficient (Wildman–Crippen LogP) is 9.54. The van der Waals surface area contributed by atoms with Crippen LogP contribution in [0.4, 0.5) is 0 Å². The van der Waals surface area contributed by atoms with Gasteiger partial charge in [-0.25, -0.2) is 0 Å². The molecule has 0 amide bonds. The Kier molecular flexibility index (Phi) is 17.5. The standard InChI is InChI=1S/C37H60NO3/c1-6-8-9-10-11-12-13-14-15-16-17-19-23-33-26-22-27-36(28-33)41-32(3)31-40-37(39)35(7-2)30-38(4,5)29-34-24-20-18-21-25-34/h18,20-22,24-28,32,35H,6-17,19,23,29-31H2,1-5H3/q+1. The van der Waals surface area contributed by atoms with Crippen LogP contribution < -0.4 is 4.74 Å². The highest BCUT2D eigenvalue weighted by atomic mass is 16.6. The molecule has 0 fully saturated rings. The molecule has 4 nitrogen and oxygen atoms in total. The Bertz CT molecular complexity index is 942. The van der Waals surface area contributed by atoms with E-state index in [0.29, 0.717) is 0 Å². The summed E-state index contributed by atoms with van der Waals surface area (Å²) in [5.74, 6) is 0.611. The fraction of sp³-hybridized carbons (Fsp3) is 0.649. The quantitative estimate of drug-likeness (QED) is 0.0763. The number of benzene rings is 2. The molecule has 0 N–H and O–H groups in total. The molecule has 0 aliphatic rings. The summed E-state index contributed by atoms with van der Waals surface area (Å²) < 4.78 is 12.6. The van der Waals surface area contributed by atoms with Gasteiger partial charge in [0, 0.05) is 5.56 Å². The molecular weight excluding hydrogens is 506 g/mol. The number of quaternary nitrogens is 1. The smallest absolute Gasteiger partial charge is 0.314 e. The number of carbonyl (C=O) groups excluding carboxylic acids is 1. The number of esters is 1. The summed E-state index contributed by atoms with van der Waals surface area (Å²) >= 11 is 0. The average Bonchev–Trinajstić information content (AvgIpc) is 2.95. The molecule has 41 heavy (non-hydrogen) atoms. The van der Waals surface area contributed by atoms with Gasteiger partial charge in [0.2, 0.25) is 0 Å². The summed E-state index contributed by atoms with van der Waals surface area (Å²) in [6.07, 6.45) is 18.1. The zero-order chi connectivity index (χ0) is 29.8. The van der Waals surface area contributed by atoms with E-state index in [2.05, 4.69) is 70.4 Å². The summed E-state index contributed by atoms with van der Waals surface area (Å²) in [5.41, 5.74) is 2.60. The average molecular weight is 567 g/mol. The van der Waals surface area contributed by atoms with Crippen LogP contribution in [-0.4, -0.2) is 43.8 Å². The third-order valence-electron chi connectivity index (χ3n) is 8.01. The topological polar surface area (TPSA) is 35.5 Å². The maximum absolute atomic E-state index is 12.9. The third-order valence-corrected chi connectivity index (χ3v) is 8.01. The van der Waals surface area contributed by atoms with Crippen LogP contribution in [0.3, 0.4) is 0 Å². The first kappa shape index (κ1) is 34.9. The van der Waals surface area contributed by atoms with Gasteiger partial charge in [-0.1, -0.05) is 127 Å². The van der Waals surface area contributed by atoms with Crippen molar-refractivity contribution in [1.82, 2.24) is 0 Å². The minimum absolute atomic E-state index is 0.122. The van der Waals surface area contributed by atoms with Gasteiger partial charge in [0.05, 0.1) is 20.6 Å². The molecule has 0 aromatic heterocycles. The van der Waals surface area contributed by atoms with Gasteiger partial charge in [-0.05, 0) is 43.9 Å². The number of nitrogens with zero attached hydrogens (tertiary/aromatic N) is 1. The Labute approximate surface area is 252 Å². The Morgan fingerprint density at radius 2 is 1.34 bits per heavy atom. The van der Waals surface area contributed by atoms with E-state index in [0.717, 1.165) is 36.2 Å². The van der Waals surface area contributed by atoms with Crippen molar-refractivity contribution in [2.45, 2.75) is 123 Å². The van der Waals surface area contributed by atoms with Crippen LogP contribution in [0, 0.1) is 5.92 Å². The molecule has 4 heteroatoms. The van der Waals surface area contributed by atoms with Crippen LogP contribution in [0.2, 0.25) is 0 Å². The van der Waals surface area contributed by atoms with Gasteiger partial charge < -0.3 is 14.0 Å². The highest BCUT2D eigenvalue weighted by Gasteiger charge is 2.28. The largest absolute Gasteiger partial charge is 0.487 e. The van der Waals surface area contributed by atoms with E-state index in [-0.39, 0.29) is 24.6 Å². The summed E-state index contributed by atoms with van der Waals surface area (Å²) in [5, 5.41) is 0. The van der Waals surface area contributed by atoms with Crippen molar-refractivity contribution in [3.63, 3.8) is 0 Å². The minimum atomic E-state index is -0.190. The van der Waals surface area contributed by atoms with E-state index in [1.165, 1.54) is 88.2 Å². The summed E-state index contributed by atoms with van der Waals surface area (Å²) in [7, 11) is 4.36. The van der Waals surface area contributed by atoms with Crippen LogP contribution in [0.5, 0.6) is 5.75 Å². The second kappa shape index (κ2) is 20.5. The highest BCUT2D eigenvalue weighted by Crippen LogP contribution is 2.20. The van der Waals surface area contributed by atoms with Crippen molar-refractivity contribution in [3.05, 3.63) is 65.7 Å². The second-order valence-corrected chi connectivity index (χ2v) is 12.7. The number of unbranched alkanes of at least 4 members (excludes halogenated alkanes) is 11. The maximum Gasteiger partial charge on any atom is 0.314 e. The number of hydrogen-bond acceptors (Lipinski definition) is 3. The molecule has 0 aliphatic carbocycles. The molecule has 230 valence electrons. The fourth-order valence-corrected chi connectivity index (χ4v) is 5.64. The molecule has 0 saturated carbocycles. The lowest BCUT2D eigenvalue weighted by molar-refractivity contribution is -0.906. The van der Waals surface area contributed by atoms with E-state index < -0.39 is 0 Å². The first-order chi connectivity index (χ1) is 19.8. The fourth-order valence-electron chi connectivity index (χ4n) is 5.64. The summed E-state index contributed by atoms with van der Waals surface area (Å²) in [6.45, 7) is 8.23. The number of hydrogen-bond donors (Lipinski definition) is 0. The SMILES string of the molecule is CCCCCCCCCCCCCCc1cccc(OC(C)COC(=O)C(CC)C[N+](C)(C)Cc2ccccc2)c1. The van der Waals surface area contributed by atoms with Crippen molar-refractivity contribution in [2.75, 3.05) is 27.2 Å². The third kappa shape index (κ3) is 16.0. The Balaban J connectivity index is 1.63. The first-order valence-corrected chi connectivity index (χ1v) is 16.6. The van der Waals surface area contributed by atoms with Gasteiger partial charge in [-0.3, -0.25) is 4.79 Å². The monoisotopic (exact) mass is 566 g/mol. The Hall–Kier alpha value is -2.33. The predicted molar refractivity (Wildman–Crippen MR) is 173 cm³/mol. The minimum Gasteiger partial charge on any atom is -0.487 e. The van der Waals surface area contributed by atoms with E-state index in [1.54, 1.807) is 0 Å². The molecule has 2 rings (SSSR count). The van der Waals surface area contributed by atoms with Crippen molar-refractivity contribution in [2.24, 2.45) is 5.92 Å². The van der Waals surface area contributed by atoms with Gasteiger partial charge in [0.1, 0.15) is 30.9 Å². The first-order valence-electron chi connectivity index (χ1n) is 16.6. The van der Waals surface area contributed by atoms with Crippen LogP contribution in [-0.2, 0) is 22.5 Å². The van der Waals surface area contributed by atoms with Crippen molar-refractivity contribution in [1.29, 1.82) is 0 Å². The van der Waals surface area contributed by atoms with Crippen LogP contribution >= 0.6 is 0 Å². The number of carbonyl (C=O) groups is 1. The molecule has 0 aliphatic heterocycles. The highest BCUT2D eigenvalue weighted by molar-refractivity contribution is 5.72. The zero-order valence-corrected chi connectivity index (χ0v) is 27.0. The second-order valence-electron chi connectivity index (χ2n) is 12.7. The normalized spacial score (nSPS) is 13.1. The van der Waals surface area contributed by atoms with E-state index in [1.807, 2.05) is 19.1 Å². The molecule has 0 spiro atoms. The Morgan fingerprint density at radius 3 is 1.95 bits per heavy atom. The maximum atomic E-state index is 12.9. The molecular formula is C37H60NO3+. The lowest BCUT2D eigenvalue weighted by Crippen LogP contribution is -2.45. The molecule has 2 unspecified atom stereocenters.